The topological polar surface area (TPSA) is 80.2 Å². The summed E-state index contributed by atoms with van der Waals surface area (Å²) in [6.45, 7) is 8.57. The Labute approximate surface area is 164 Å². The quantitative estimate of drug-likeness (QED) is 0.807. The number of carbonyl (C=O) groups excluding carboxylic acids is 1. The van der Waals surface area contributed by atoms with E-state index in [4.69, 9.17) is 4.74 Å². The Kier molecular flexibility index (Phi) is 5.76. The number of piperidine rings is 1. The monoisotopic (exact) mass is 387 g/mol. The molecular weight excluding hydrogens is 361 g/mol. The van der Waals surface area contributed by atoms with Crippen molar-refractivity contribution in [3.63, 3.8) is 0 Å². The Morgan fingerprint density at radius 1 is 1.36 bits per heavy atom. The summed E-state index contributed by atoms with van der Waals surface area (Å²) in [5.74, 6) is -0.168. The molecule has 0 aromatic carbocycles. The second-order valence-corrected chi connectivity index (χ2v) is 8.03. The molecule has 8 heteroatoms. The van der Waals surface area contributed by atoms with Crippen LogP contribution in [0.3, 0.4) is 0 Å². The lowest BCUT2D eigenvalue weighted by atomic mass is 10.1. The first kappa shape index (κ1) is 20.0. The van der Waals surface area contributed by atoms with E-state index in [-0.39, 0.29) is 12.1 Å². The number of pyridine rings is 1. The van der Waals surface area contributed by atoms with E-state index in [0.717, 1.165) is 18.4 Å². The van der Waals surface area contributed by atoms with Crippen molar-refractivity contribution in [1.82, 2.24) is 19.9 Å². The SMILES string of the molecule is Cc1cnc(F)c(-c2ccnc(N[C@H]3CCCN(C(=O)OC(C)(C)C)C3)n2)c1. The highest BCUT2D eigenvalue weighted by Gasteiger charge is 2.28. The summed E-state index contributed by atoms with van der Waals surface area (Å²) < 4.78 is 19.5. The Bertz CT molecular complexity index is 853. The van der Waals surface area contributed by atoms with E-state index >= 15 is 0 Å². The van der Waals surface area contributed by atoms with Crippen molar-refractivity contribution >= 4 is 12.0 Å². The highest BCUT2D eigenvalue weighted by Crippen LogP contribution is 2.22. The minimum absolute atomic E-state index is 0.00278. The molecule has 3 rings (SSSR count). The molecule has 0 unspecified atom stereocenters. The number of nitrogens with one attached hydrogen (secondary N) is 1. The van der Waals surface area contributed by atoms with Gasteiger partial charge in [0, 0.05) is 31.5 Å². The highest BCUT2D eigenvalue weighted by molar-refractivity contribution is 5.68. The van der Waals surface area contributed by atoms with Crippen molar-refractivity contribution in [3.05, 3.63) is 36.0 Å². The van der Waals surface area contributed by atoms with Crippen LogP contribution < -0.4 is 5.32 Å². The van der Waals surface area contributed by atoms with E-state index in [0.29, 0.717) is 30.3 Å². The maximum Gasteiger partial charge on any atom is 0.410 e. The summed E-state index contributed by atoms with van der Waals surface area (Å²) in [6, 6.07) is 3.36. The Hall–Kier alpha value is -2.77. The minimum atomic E-state index is -0.566. The largest absolute Gasteiger partial charge is 0.444 e. The fourth-order valence-corrected chi connectivity index (χ4v) is 3.08. The second-order valence-electron chi connectivity index (χ2n) is 8.03. The van der Waals surface area contributed by atoms with Gasteiger partial charge in [0.25, 0.3) is 0 Å². The van der Waals surface area contributed by atoms with Crippen molar-refractivity contribution in [3.8, 4) is 11.3 Å². The first-order chi connectivity index (χ1) is 13.2. The van der Waals surface area contributed by atoms with Crippen molar-refractivity contribution in [2.75, 3.05) is 18.4 Å². The van der Waals surface area contributed by atoms with Crippen LogP contribution in [-0.4, -0.2) is 50.7 Å². The zero-order valence-electron chi connectivity index (χ0n) is 16.7. The Balaban J connectivity index is 1.70. The van der Waals surface area contributed by atoms with E-state index in [9.17, 15) is 9.18 Å². The van der Waals surface area contributed by atoms with Crippen molar-refractivity contribution < 1.29 is 13.9 Å². The standard InChI is InChI=1S/C20H26FN5O2/c1-13-10-15(17(21)23-11-13)16-7-8-22-18(25-16)24-14-6-5-9-26(12-14)19(27)28-20(2,3)4/h7-8,10-11,14H,5-6,9,12H2,1-4H3,(H,22,24,25)/t14-/m0/s1. The maximum absolute atomic E-state index is 14.1. The fourth-order valence-electron chi connectivity index (χ4n) is 3.08. The van der Waals surface area contributed by atoms with Crippen LogP contribution in [0.5, 0.6) is 0 Å². The van der Waals surface area contributed by atoms with Gasteiger partial charge in [-0.25, -0.2) is 19.7 Å². The van der Waals surface area contributed by atoms with Crippen molar-refractivity contribution in [2.45, 2.75) is 52.2 Å². The van der Waals surface area contributed by atoms with Crippen LogP contribution in [0.15, 0.2) is 24.5 Å². The summed E-state index contributed by atoms with van der Waals surface area (Å²) >= 11 is 0. The molecule has 1 N–H and O–H groups in total. The number of likely N-dealkylation sites (tertiary alicyclic amines) is 1. The second kappa shape index (κ2) is 8.08. The van der Waals surface area contributed by atoms with E-state index in [2.05, 4.69) is 20.3 Å². The molecule has 1 aliphatic rings. The summed E-state index contributed by atoms with van der Waals surface area (Å²) in [7, 11) is 0. The molecule has 0 aliphatic carbocycles. The van der Waals surface area contributed by atoms with Gasteiger partial charge in [-0.3, -0.25) is 0 Å². The molecule has 3 heterocycles. The number of rotatable bonds is 3. The number of nitrogens with zero attached hydrogens (tertiary/aromatic N) is 4. The van der Waals surface area contributed by atoms with Crippen LogP contribution in [0.4, 0.5) is 15.1 Å². The number of halogens is 1. The van der Waals surface area contributed by atoms with Gasteiger partial charge in [0.2, 0.25) is 11.9 Å². The molecular formula is C20H26FN5O2. The summed E-state index contributed by atoms with van der Waals surface area (Å²) in [5.41, 5.74) is 1.13. The molecule has 1 aliphatic heterocycles. The smallest absolute Gasteiger partial charge is 0.410 e. The van der Waals surface area contributed by atoms with Gasteiger partial charge in [-0.1, -0.05) is 0 Å². The van der Waals surface area contributed by atoms with Crippen LogP contribution in [0, 0.1) is 12.9 Å². The average Bonchev–Trinajstić information content (AvgIpc) is 2.63. The summed E-state index contributed by atoms with van der Waals surface area (Å²) in [6.07, 6.45) is 4.48. The van der Waals surface area contributed by atoms with E-state index in [1.54, 1.807) is 23.2 Å². The first-order valence-electron chi connectivity index (χ1n) is 9.41. The predicted octanol–water partition coefficient (Wildman–Crippen LogP) is 3.80. The van der Waals surface area contributed by atoms with E-state index < -0.39 is 11.5 Å². The van der Waals surface area contributed by atoms with Crippen molar-refractivity contribution in [1.29, 1.82) is 0 Å². The summed E-state index contributed by atoms with van der Waals surface area (Å²) in [5, 5.41) is 3.26. The number of hydrogen-bond acceptors (Lipinski definition) is 6. The number of hydrogen-bond donors (Lipinski definition) is 1. The number of ether oxygens (including phenoxy) is 1. The third-order valence-corrected chi connectivity index (χ3v) is 4.31. The van der Waals surface area contributed by atoms with E-state index in [1.165, 1.54) is 6.20 Å². The molecule has 0 spiro atoms. The predicted molar refractivity (Wildman–Crippen MR) is 104 cm³/mol. The summed E-state index contributed by atoms with van der Waals surface area (Å²) in [4.78, 5) is 26.4. The van der Waals surface area contributed by atoms with Crippen LogP contribution >= 0.6 is 0 Å². The number of amides is 1. The van der Waals surface area contributed by atoms with Crippen molar-refractivity contribution in [2.24, 2.45) is 0 Å². The van der Waals surface area contributed by atoms with Crippen LogP contribution in [0.2, 0.25) is 0 Å². The number of anilines is 1. The molecule has 0 bridgehead atoms. The van der Waals surface area contributed by atoms with E-state index in [1.807, 2.05) is 27.7 Å². The number of carbonyl (C=O) groups is 1. The molecule has 1 fully saturated rings. The molecule has 1 atom stereocenters. The van der Waals surface area contributed by atoms with Gasteiger partial charge in [-0.2, -0.15) is 4.39 Å². The molecule has 28 heavy (non-hydrogen) atoms. The molecule has 7 nitrogen and oxygen atoms in total. The van der Waals surface area contributed by atoms with Gasteiger partial charge in [0.15, 0.2) is 0 Å². The lowest BCUT2D eigenvalue weighted by Crippen LogP contribution is -2.47. The van der Waals surface area contributed by atoms with Crippen LogP contribution in [-0.2, 0) is 4.74 Å². The van der Waals surface area contributed by atoms with Crippen LogP contribution in [0.1, 0.15) is 39.2 Å². The minimum Gasteiger partial charge on any atom is -0.444 e. The van der Waals surface area contributed by atoms with Crippen LogP contribution in [0.25, 0.3) is 11.3 Å². The van der Waals surface area contributed by atoms with Gasteiger partial charge in [-0.15, -0.1) is 0 Å². The first-order valence-corrected chi connectivity index (χ1v) is 9.41. The number of aromatic nitrogens is 3. The molecule has 0 radical (unpaired) electrons. The third kappa shape index (κ3) is 5.15. The molecule has 150 valence electrons. The van der Waals surface area contributed by atoms with Gasteiger partial charge >= 0.3 is 6.09 Å². The normalized spacial score (nSPS) is 17.3. The Morgan fingerprint density at radius 2 is 2.14 bits per heavy atom. The maximum atomic E-state index is 14.1. The van der Waals surface area contributed by atoms with Gasteiger partial charge in [0.05, 0.1) is 11.3 Å². The Morgan fingerprint density at radius 3 is 2.89 bits per heavy atom. The van der Waals surface area contributed by atoms with Gasteiger partial charge in [-0.05, 0) is 58.2 Å². The zero-order valence-corrected chi connectivity index (χ0v) is 16.7. The lowest BCUT2D eigenvalue weighted by molar-refractivity contribution is 0.0206. The zero-order chi connectivity index (χ0) is 20.3. The molecule has 2 aromatic heterocycles. The number of aryl methyl sites for hydroxylation is 1. The van der Waals surface area contributed by atoms with Gasteiger partial charge < -0.3 is 15.0 Å². The highest BCUT2D eigenvalue weighted by atomic mass is 19.1. The van der Waals surface area contributed by atoms with Gasteiger partial charge in [0.1, 0.15) is 5.60 Å². The average molecular weight is 387 g/mol. The molecule has 0 saturated carbocycles. The molecule has 1 saturated heterocycles. The molecule has 2 aromatic rings. The molecule has 1 amide bonds. The lowest BCUT2D eigenvalue weighted by Gasteiger charge is -2.34. The fraction of sp³-hybridized carbons (Fsp3) is 0.500. The third-order valence-electron chi connectivity index (χ3n) is 4.31.